The molecular formula is C14H13Cl2NO. The van der Waals surface area contributed by atoms with Gasteiger partial charge in [0.1, 0.15) is 12.4 Å². The molecule has 2 N–H and O–H groups in total. The van der Waals surface area contributed by atoms with Gasteiger partial charge in [-0.05, 0) is 35.9 Å². The second-order valence-corrected chi connectivity index (χ2v) is 4.72. The topological polar surface area (TPSA) is 35.2 Å². The molecule has 0 amide bonds. The van der Waals surface area contributed by atoms with Gasteiger partial charge in [-0.25, -0.2) is 0 Å². The summed E-state index contributed by atoms with van der Waals surface area (Å²) in [6.45, 7) is 0.906. The van der Waals surface area contributed by atoms with E-state index in [0.717, 1.165) is 16.9 Å². The van der Waals surface area contributed by atoms with Crippen molar-refractivity contribution in [1.82, 2.24) is 0 Å². The van der Waals surface area contributed by atoms with Crippen LogP contribution in [0.25, 0.3) is 0 Å². The Hall–Kier alpha value is -1.22. The minimum Gasteiger partial charge on any atom is -0.489 e. The van der Waals surface area contributed by atoms with E-state index in [1.54, 1.807) is 12.1 Å². The van der Waals surface area contributed by atoms with Crippen LogP contribution in [-0.4, -0.2) is 0 Å². The first-order valence-corrected chi connectivity index (χ1v) is 6.30. The zero-order valence-corrected chi connectivity index (χ0v) is 11.2. The van der Waals surface area contributed by atoms with Gasteiger partial charge in [-0.15, -0.1) is 0 Å². The summed E-state index contributed by atoms with van der Waals surface area (Å²) in [6.07, 6.45) is 0. The quantitative estimate of drug-likeness (QED) is 0.918. The zero-order chi connectivity index (χ0) is 13.0. The molecule has 2 rings (SSSR count). The van der Waals surface area contributed by atoms with Gasteiger partial charge in [-0.2, -0.15) is 0 Å². The Kier molecular flexibility index (Phi) is 4.48. The predicted octanol–water partition coefficient (Wildman–Crippen LogP) is 4.03. The normalized spacial score (nSPS) is 10.4. The van der Waals surface area contributed by atoms with E-state index >= 15 is 0 Å². The van der Waals surface area contributed by atoms with Gasteiger partial charge in [0.15, 0.2) is 0 Å². The van der Waals surface area contributed by atoms with Crippen LogP contribution in [0.2, 0.25) is 10.0 Å². The lowest BCUT2D eigenvalue weighted by atomic mass is 10.1. The fourth-order valence-electron chi connectivity index (χ4n) is 1.53. The highest BCUT2D eigenvalue weighted by molar-refractivity contribution is 6.31. The lowest BCUT2D eigenvalue weighted by Crippen LogP contribution is -1.99. The molecule has 2 nitrogen and oxygen atoms in total. The van der Waals surface area contributed by atoms with Crippen molar-refractivity contribution < 1.29 is 4.74 Å². The summed E-state index contributed by atoms with van der Waals surface area (Å²) in [7, 11) is 0. The van der Waals surface area contributed by atoms with E-state index in [1.165, 1.54) is 0 Å². The Balaban J connectivity index is 2.04. The predicted molar refractivity (Wildman–Crippen MR) is 75.1 cm³/mol. The fraction of sp³-hybridized carbons (Fsp3) is 0.143. The summed E-state index contributed by atoms with van der Waals surface area (Å²) in [4.78, 5) is 0. The van der Waals surface area contributed by atoms with Crippen LogP contribution in [0.1, 0.15) is 11.1 Å². The smallest absolute Gasteiger partial charge is 0.119 e. The number of hydrogen-bond donors (Lipinski definition) is 1. The molecule has 2 aromatic rings. The van der Waals surface area contributed by atoms with Crippen molar-refractivity contribution in [2.75, 3.05) is 0 Å². The maximum Gasteiger partial charge on any atom is 0.119 e. The van der Waals surface area contributed by atoms with Gasteiger partial charge in [-0.1, -0.05) is 35.3 Å². The van der Waals surface area contributed by atoms with Gasteiger partial charge in [0.05, 0.1) is 0 Å². The van der Waals surface area contributed by atoms with E-state index in [2.05, 4.69) is 0 Å². The third-order valence-electron chi connectivity index (χ3n) is 2.56. The second-order valence-electron chi connectivity index (χ2n) is 3.87. The monoisotopic (exact) mass is 281 g/mol. The third-order valence-corrected chi connectivity index (χ3v) is 3.16. The lowest BCUT2D eigenvalue weighted by molar-refractivity contribution is 0.306. The second kappa shape index (κ2) is 6.10. The molecule has 0 bridgehead atoms. The first-order valence-electron chi connectivity index (χ1n) is 5.55. The van der Waals surface area contributed by atoms with Crippen LogP contribution in [0.4, 0.5) is 0 Å². The van der Waals surface area contributed by atoms with E-state index in [9.17, 15) is 0 Å². The number of hydrogen-bond acceptors (Lipinski definition) is 2. The average Bonchev–Trinajstić information content (AvgIpc) is 2.39. The van der Waals surface area contributed by atoms with Gasteiger partial charge in [0, 0.05) is 22.2 Å². The van der Waals surface area contributed by atoms with Crippen molar-refractivity contribution in [2.24, 2.45) is 5.73 Å². The summed E-state index contributed by atoms with van der Waals surface area (Å²) >= 11 is 11.9. The summed E-state index contributed by atoms with van der Waals surface area (Å²) in [5, 5.41) is 1.36. The molecule has 0 spiro atoms. The number of benzene rings is 2. The molecule has 0 aliphatic carbocycles. The van der Waals surface area contributed by atoms with Crippen LogP contribution in [-0.2, 0) is 13.2 Å². The van der Waals surface area contributed by atoms with Gasteiger partial charge in [-0.3, -0.25) is 0 Å². The highest BCUT2D eigenvalue weighted by Crippen LogP contribution is 2.21. The minimum absolute atomic E-state index is 0.422. The molecule has 0 saturated carbocycles. The van der Waals surface area contributed by atoms with Gasteiger partial charge < -0.3 is 10.5 Å². The Morgan fingerprint density at radius 2 is 1.72 bits per heavy atom. The molecule has 0 unspecified atom stereocenters. The van der Waals surface area contributed by atoms with E-state index in [1.807, 2.05) is 30.3 Å². The molecule has 0 atom stereocenters. The first kappa shape index (κ1) is 13.2. The SMILES string of the molecule is NCc1ccc(COc2ccc(Cl)cc2)c(Cl)c1. The van der Waals surface area contributed by atoms with Gasteiger partial charge in [0.25, 0.3) is 0 Å². The van der Waals surface area contributed by atoms with Crippen molar-refractivity contribution >= 4 is 23.2 Å². The number of ether oxygens (including phenoxy) is 1. The summed E-state index contributed by atoms with van der Waals surface area (Å²) < 4.78 is 5.63. The maximum absolute atomic E-state index is 6.14. The van der Waals surface area contributed by atoms with Crippen LogP contribution in [0.3, 0.4) is 0 Å². The molecule has 18 heavy (non-hydrogen) atoms. The molecule has 4 heteroatoms. The lowest BCUT2D eigenvalue weighted by Gasteiger charge is -2.09. The number of halogens is 2. The number of rotatable bonds is 4. The van der Waals surface area contributed by atoms with E-state index in [4.69, 9.17) is 33.7 Å². The molecule has 0 radical (unpaired) electrons. The molecule has 0 aliphatic rings. The third kappa shape index (κ3) is 3.39. The molecule has 94 valence electrons. The van der Waals surface area contributed by atoms with Gasteiger partial charge in [0.2, 0.25) is 0 Å². The Bertz CT molecular complexity index is 526. The van der Waals surface area contributed by atoms with Crippen LogP contribution in [0.15, 0.2) is 42.5 Å². The molecule has 0 saturated heterocycles. The van der Waals surface area contributed by atoms with Crippen LogP contribution in [0.5, 0.6) is 5.75 Å². The van der Waals surface area contributed by atoms with E-state index < -0.39 is 0 Å². The summed E-state index contributed by atoms with van der Waals surface area (Å²) in [5.74, 6) is 0.762. The van der Waals surface area contributed by atoms with Crippen molar-refractivity contribution in [3.8, 4) is 5.75 Å². The molecule has 0 aliphatic heterocycles. The highest BCUT2D eigenvalue weighted by atomic mass is 35.5. The molecular weight excluding hydrogens is 269 g/mol. The van der Waals surface area contributed by atoms with Crippen molar-refractivity contribution in [3.05, 3.63) is 63.6 Å². The van der Waals surface area contributed by atoms with Crippen molar-refractivity contribution in [3.63, 3.8) is 0 Å². The zero-order valence-electron chi connectivity index (χ0n) is 9.70. The molecule has 0 fully saturated rings. The minimum atomic E-state index is 0.422. The van der Waals surface area contributed by atoms with Crippen LogP contribution in [0, 0.1) is 0 Å². The number of nitrogens with two attached hydrogens (primary N) is 1. The van der Waals surface area contributed by atoms with E-state index in [0.29, 0.717) is 23.2 Å². The Morgan fingerprint density at radius 3 is 2.33 bits per heavy atom. The van der Waals surface area contributed by atoms with Crippen LogP contribution < -0.4 is 10.5 Å². The summed E-state index contributed by atoms with van der Waals surface area (Å²) in [5.41, 5.74) is 7.49. The first-order chi connectivity index (χ1) is 8.69. The molecule has 2 aromatic carbocycles. The van der Waals surface area contributed by atoms with Crippen molar-refractivity contribution in [2.45, 2.75) is 13.2 Å². The highest BCUT2D eigenvalue weighted by Gasteiger charge is 2.02. The van der Waals surface area contributed by atoms with Crippen molar-refractivity contribution in [1.29, 1.82) is 0 Å². The molecule has 0 aromatic heterocycles. The molecule has 0 heterocycles. The Morgan fingerprint density at radius 1 is 1.00 bits per heavy atom. The van der Waals surface area contributed by atoms with Gasteiger partial charge >= 0.3 is 0 Å². The Labute approximate surface area is 116 Å². The fourth-order valence-corrected chi connectivity index (χ4v) is 1.91. The summed E-state index contributed by atoms with van der Waals surface area (Å²) in [6, 6.07) is 13.0. The largest absolute Gasteiger partial charge is 0.489 e. The average molecular weight is 282 g/mol. The van der Waals surface area contributed by atoms with Crippen LogP contribution >= 0.6 is 23.2 Å². The maximum atomic E-state index is 6.14. The van der Waals surface area contributed by atoms with E-state index in [-0.39, 0.29) is 0 Å². The standard InChI is InChI=1S/C14H13Cl2NO/c15-12-3-5-13(6-4-12)18-9-11-2-1-10(8-17)7-14(11)16/h1-7H,8-9,17H2.